The number of hydrogen-bond donors (Lipinski definition) is 1. The summed E-state index contributed by atoms with van der Waals surface area (Å²) in [7, 11) is -1.70. The minimum Gasteiger partial charge on any atom is -0.342 e. The molecule has 16 heavy (non-hydrogen) atoms. The van der Waals surface area contributed by atoms with E-state index >= 15 is 0 Å². The van der Waals surface area contributed by atoms with E-state index in [-0.39, 0.29) is 23.7 Å². The van der Waals surface area contributed by atoms with Crippen molar-refractivity contribution in [2.45, 2.75) is 38.3 Å². The van der Waals surface area contributed by atoms with Crippen LogP contribution >= 0.6 is 0 Å². The molecule has 0 aromatic rings. The van der Waals surface area contributed by atoms with Gasteiger partial charge in [-0.2, -0.15) is 0 Å². The molecule has 1 aliphatic carbocycles. The number of rotatable bonds is 6. The molecule has 0 spiro atoms. The van der Waals surface area contributed by atoms with Crippen molar-refractivity contribution in [2.24, 2.45) is 5.73 Å². The lowest BCUT2D eigenvalue weighted by atomic mass is 10.3. The number of nitrogens with zero attached hydrogens (tertiary/aromatic N) is 1. The molecule has 1 unspecified atom stereocenters. The van der Waals surface area contributed by atoms with Crippen LogP contribution in [0, 0.1) is 0 Å². The Morgan fingerprint density at radius 3 is 2.50 bits per heavy atom. The Morgan fingerprint density at radius 2 is 2.06 bits per heavy atom. The SMILES string of the molecule is CCC(N)CS(=O)(=O)CC(=O)N(C)C1CC1. The zero-order chi connectivity index (χ0) is 12.3. The molecule has 1 amide bonds. The number of carbonyl (C=O) groups is 1. The van der Waals surface area contributed by atoms with Crippen molar-refractivity contribution in [3.63, 3.8) is 0 Å². The van der Waals surface area contributed by atoms with Crippen molar-refractivity contribution in [1.82, 2.24) is 4.90 Å². The molecule has 1 aliphatic rings. The van der Waals surface area contributed by atoms with Gasteiger partial charge in [0.05, 0.1) is 5.75 Å². The van der Waals surface area contributed by atoms with Crippen molar-refractivity contribution in [2.75, 3.05) is 18.6 Å². The maximum absolute atomic E-state index is 11.6. The van der Waals surface area contributed by atoms with Crippen LogP contribution < -0.4 is 5.73 Å². The van der Waals surface area contributed by atoms with Crippen molar-refractivity contribution < 1.29 is 13.2 Å². The van der Waals surface area contributed by atoms with Crippen LogP contribution in [0.1, 0.15) is 26.2 Å². The molecule has 0 aromatic heterocycles. The summed E-state index contributed by atoms with van der Waals surface area (Å²) in [6, 6.07) is -0.119. The first kappa shape index (κ1) is 13.4. The molecule has 5 nitrogen and oxygen atoms in total. The van der Waals surface area contributed by atoms with E-state index in [1.165, 1.54) is 4.90 Å². The van der Waals surface area contributed by atoms with Crippen LogP contribution in [0.15, 0.2) is 0 Å². The van der Waals surface area contributed by atoms with Gasteiger partial charge in [0.25, 0.3) is 0 Å². The van der Waals surface area contributed by atoms with Gasteiger partial charge in [0.1, 0.15) is 5.75 Å². The molecule has 1 rings (SSSR count). The van der Waals surface area contributed by atoms with Gasteiger partial charge in [0.15, 0.2) is 9.84 Å². The standard InChI is InChI=1S/C10H20N2O3S/c1-3-8(11)6-16(14,15)7-10(13)12(2)9-4-5-9/h8-9H,3-7,11H2,1-2H3. The fraction of sp³-hybridized carbons (Fsp3) is 0.900. The van der Waals surface area contributed by atoms with Crippen molar-refractivity contribution >= 4 is 15.7 Å². The van der Waals surface area contributed by atoms with Gasteiger partial charge < -0.3 is 10.6 Å². The highest BCUT2D eigenvalue weighted by Gasteiger charge is 2.31. The van der Waals surface area contributed by atoms with Crippen LogP contribution in [-0.4, -0.2) is 49.9 Å². The molecule has 0 aromatic carbocycles. The molecular weight excluding hydrogens is 228 g/mol. The third-order valence-electron chi connectivity index (χ3n) is 2.82. The van der Waals surface area contributed by atoms with Gasteiger partial charge >= 0.3 is 0 Å². The fourth-order valence-corrected chi connectivity index (χ4v) is 3.04. The second kappa shape index (κ2) is 5.14. The van der Waals surface area contributed by atoms with E-state index in [1.54, 1.807) is 7.05 Å². The lowest BCUT2D eigenvalue weighted by Crippen LogP contribution is -2.38. The first-order valence-electron chi connectivity index (χ1n) is 5.57. The van der Waals surface area contributed by atoms with E-state index in [0.29, 0.717) is 6.42 Å². The second-order valence-corrected chi connectivity index (χ2v) is 6.57. The molecule has 0 bridgehead atoms. The second-order valence-electron chi connectivity index (χ2n) is 4.46. The number of carbonyl (C=O) groups excluding carboxylic acids is 1. The Balaban J connectivity index is 2.48. The van der Waals surface area contributed by atoms with E-state index in [0.717, 1.165) is 12.8 Å². The minimum absolute atomic E-state index is 0.103. The Kier molecular flexibility index (Phi) is 4.32. The first-order chi connectivity index (χ1) is 7.35. The van der Waals surface area contributed by atoms with Gasteiger partial charge in [-0.15, -0.1) is 0 Å². The maximum Gasteiger partial charge on any atom is 0.237 e. The zero-order valence-corrected chi connectivity index (χ0v) is 10.7. The molecule has 1 fully saturated rings. The van der Waals surface area contributed by atoms with Gasteiger partial charge in [-0.1, -0.05) is 6.92 Å². The number of amides is 1. The van der Waals surface area contributed by atoms with Crippen LogP contribution in [0.3, 0.4) is 0 Å². The highest BCUT2D eigenvalue weighted by Crippen LogP contribution is 2.25. The Hall–Kier alpha value is -0.620. The summed E-state index contributed by atoms with van der Waals surface area (Å²) in [6.45, 7) is 1.83. The van der Waals surface area contributed by atoms with E-state index in [2.05, 4.69) is 0 Å². The van der Waals surface area contributed by atoms with Gasteiger partial charge in [-0.25, -0.2) is 8.42 Å². The molecule has 94 valence electrons. The fourth-order valence-electron chi connectivity index (χ4n) is 1.46. The van der Waals surface area contributed by atoms with Crippen LogP contribution in [0.4, 0.5) is 0 Å². The smallest absolute Gasteiger partial charge is 0.237 e. The van der Waals surface area contributed by atoms with Gasteiger partial charge in [0, 0.05) is 19.1 Å². The lowest BCUT2D eigenvalue weighted by molar-refractivity contribution is -0.127. The molecule has 0 saturated heterocycles. The highest BCUT2D eigenvalue weighted by molar-refractivity contribution is 7.92. The monoisotopic (exact) mass is 248 g/mol. The number of sulfone groups is 1. The number of nitrogens with two attached hydrogens (primary N) is 1. The van der Waals surface area contributed by atoms with E-state index in [9.17, 15) is 13.2 Å². The molecule has 0 heterocycles. The summed E-state index contributed by atoms with van der Waals surface area (Å²) in [4.78, 5) is 13.2. The zero-order valence-electron chi connectivity index (χ0n) is 9.85. The quantitative estimate of drug-likeness (QED) is 0.703. The Labute approximate surface area is 96.9 Å². The molecule has 6 heteroatoms. The maximum atomic E-state index is 11.6. The van der Waals surface area contributed by atoms with Gasteiger partial charge in [-0.05, 0) is 19.3 Å². The average molecular weight is 248 g/mol. The van der Waals surface area contributed by atoms with Crippen LogP contribution in [-0.2, 0) is 14.6 Å². The minimum atomic E-state index is -3.36. The van der Waals surface area contributed by atoms with Crippen LogP contribution in [0.25, 0.3) is 0 Å². The Morgan fingerprint density at radius 1 is 1.50 bits per heavy atom. The van der Waals surface area contributed by atoms with Gasteiger partial charge in [0.2, 0.25) is 5.91 Å². The van der Waals surface area contributed by atoms with E-state index in [4.69, 9.17) is 5.73 Å². The molecule has 0 radical (unpaired) electrons. The third-order valence-corrected chi connectivity index (χ3v) is 4.45. The molecule has 2 N–H and O–H groups in total. The van der Waals surface area contributed by atoms with E-state index < -0.39 is 15.6 Å². The number of hydrogen-bond acceptors (Lipinski definition) is 4. The predicted octanol–water partition coefficient (Wildman–Crippen LogP) is -0.241. The van der Waals surface area contributed by atoms with Crippen molar-refractivity contribution in [3.8, 4) is 0 Å². The summed E-state index contributed by atoms with van der Waals surface area (Å²) in [5.74, 6) is -0.827. The molecule has 1 atom stereocenters. The molecular formula is C10H20N2O3S. The summed E-state index contributed by atoms with van der Waals surface area (Å²) in [5, 5.41) is 0. The summed E-state index contributed by atoms with van der Waals surface area (Å²) >= 11 is 0. The van der Waals surface area contributed by atoms with Crippen LogP contribution in [0.2, 0.25) is 0 Å². The average Bonchev–Trinajstić information content (AvgIpc) is 2.98. The first-order valence-corrected chi connectivity index (χ1v) is 7.39. The lowest BCUT2D eigenvalue weighted by Gasteiger charge is -2.17. The summed E-state index contributed by atoms with van der Waals surface area (Å²) in [6.07, 6.45) is 2.57. The highest BCUT2D eigenvalue weighted by atomic mass is 32.2. The van der Waals surface area contributed by atoms with Crippen molar-refractivity contribution in [3.05, 3.63) is 0 Å². The molecule has 1 saturated carbocycles. The largest absolute Gasteiger partial charge is 0.342 e. The Bertz CT molecular complexity index is 349. The van der Waals surface area contributed by atoms with Crippen molar-refractivity contribution in [1.29, 1.82) is 0 Å². The van der Waals surface area contributed by atoms with Crippen LogP contribution in [0.5, 0.6) is 0 Å². The molecule has 0 aliphatic heterocycles. The normalized spacial score (nSPS) is 18.2. The summed E-state index contributed by atoms with van der Waals surface area (Å²) < 4.78 is 23.3. The predicted molar refractivity (Wildman–Crippen MR) is 62.7 cm³/mol. The summed E-state index contributed by atoms with van der Waals surface area (Å²) in [5.41, 5.74) is 5.58. The third kappa shape index (κ3) is 4.09. The topological polar surface area (TPSA) is 80.5 Å². The van der Waals surface area contributed by atoms with Gasteiger partial charge in [-0.3, -0.25) is 4.79 Å². The van der Waals surface area contributed by atoms with E-state index in [1.807, 2.05) is 6.92 Å².